The molecule has 1 heterocycles. The molecule has 1 N–H and O–H groups in total. The van der Waals surface area contributed by atoms with Crippen LogP contribution in [0.2, 0.25) is 0 Å². The summed E-state index contributed by atoms with van der Waals surface area (Å²) in [5.74, 6) is 0. The van der Waals surface area contributed by atoms with Gasteiger partial charge < -0.3 is 5.32 Å². The molecule has 19 heavy (non-hydrogen) atoms. The van der Waals surface area contributed by atoms with E-state index in [1.165, 1.54) is 16.1 Å². The first kappa shape index (κ1) is 14.2. The number of aromatic nitrogens is 1. The van der Waals surface area contributed by atoms with Crippen molar-refractivity contribution in [1.29, 1.82) is 0 Å². The number of aryl methyl sites for hydroxylation is 1. The Kier molecular flexibility index (Phi) is 5.55. The lowest BCUT2D eigenvalue weighted by Crippen LogP contribution is -2.23. The number of rotatable bonds is 7. The monoisotopic (exact) mass is 274 g/mol. The van der Waals surface area contributed by atoms with Gasteiger partial charge >= 0.3 is 0 Å². The van der Waals surface area contributed by atoms with Crippen molar-refractivity contribution in [3.05, 3.63) is 52.0 Å². The third-order valence-electron chi connectivity index (χ3n) is 3.41. The molecule has 1 aromatic carbocycles. The largest absolute Gasteiger partial charge is 0.310 e. The van der Waals surface area contributed by atoms with Crippen molar-refractivity contribution in [3.63, 3.8) is 0 Å². The molecular formula is C16H22N2S. The van der Waals surface area contributed by atoms with E-state index < -0.39 is 0 Å². The maximum Gasteiger partial charge on any atom is 0.0937 e. The lowest BCUT2D eigenvalue weighted by atomic mass is 10.0. The van der Waals surface area contributed by atoms with Crippen molar-refractivity contribution in [2.75, 3.05) is 6.54 Å². The molecule has 3 heteroatoms. The Bertz CT molecular complexity index is 462. The fourth-order valence-electron chi connectivity index (χ4n) is 2.21. The molecule has 0 aliphatic rings. The summed E-state index contributed by atoms with van der Waals surface area (Å²) in [6.07, 6.45) is 5.11. The molecule has 0 fully saturated rings. The highest BCUT2D eigenvalue weighted by Gasteiger charge is 2.08. The Morgan fingerprint density at radius 2 is 2.00 bits per heavy atom. The Morgan fingerprint density at radius 1 is 1.21 bits per heavy atom. The van der Waals surface area contributed by atoms with Crippen molar-refractivity contribution >= 4 is 11.3 Å². The van der Waals surface area contributed by atoms with Crippen LogP contribution < -0.4 is 5.32 Å². The highest BCUT2D eigenvalue weighted by molar-refractivity contribution is 7.09. The number of nitrogens with zero attached hydrogens (tertiary/aromatic N) is 1. The predicted octanol–water partition coefficient (Wildman–Crippen LogP) is 3.99. The van der Waals surface area contributed by atoms with E-state index in [4.69, 9.17) is 0 Å². The van der Waals surface area contributed by atoms with Crippen LogP contribution in [0.15, 0.2) is 35.8 Å². The van der Waals surface area contributed by atoms with E-state index in [-0.39, 0.29) is 0 Å². The van der Waals surface area contributed by atoms with Crippen LogP contribution in [-0.2, 0) is 12.8 Å². The SMILES string of the molecule is CCc1ccc(C(CC)NCCc2nccs2)cc1. The Morgan fingerprint density at radius 3 is 2.58 bits per heavy atom. The Labute approximate surface area is 119 Å². The average Bonchev–Trinajstić information content (AvgIpc) is 2.97. The minimum absolute atomic E-state index is 0.450. The normalized spacial score (nSPS) is 12.5. The van der Waals surface area contributed by atoms with Gasteiger partial charge in [-0.25, -0.2) is 4.98 Å². The second-order valence-corrected chi connectivity index (χ2v) is 5.67. The quantitative estimate of drug-likeness (QED) is 0.826. The molecule has 0 bridgehead atoms. The fourth-order valence-corrected chi connectivity index (χ4v) is 2.83. The summed E-state index contributed by atoms with van der Waals surface area (Å²) < 4.78 is 0. The van der Waals surface area contributed by atoms with Crippen molar-refractivity contribution in [2.45, 2.75) is 39.2 Å². The number of hydrogen-bond acceptors (Lipinski definition) is 3. The number of nitrogens with one attached hydrogen (secondary N) is 1. The van der Waals surface area contributed by atoms with E-state index in [9.17, 15) is 0 Å². The van der Waals surface area contributed by atoms with E-state index in [1.807, 2.05) is 11.6 Å². The first-order valence-electron chi connectivity index (χ1n) is 7.04. The van der Waals surface area contributed by atoms with Gasteiger partial charge in [0.2, 0.25) is 0 Å². The van der Waals surface area contributed by atoms with Gasteiger partial charge in [-0.1, -0.05) is 38.1 Å². The molecule has 2 rings (SSSR count). The highest BCUT2D eigenvalue weighted by atomic mass is 32.1. The number of hydrogen-bond donors (Lipinski definition) is 1. The standard InChI is InChI=1S/C16H22N2S/c1-3-13-5-7-14(8-6-13)15(4-2)17-10-9-16-18-11-12-19-16/h5-8,11-12,15,17H,3-4,9-10H2,1-2H3. The van der Waals surface area contributed by atoms with E-state index in [2.05, 4.69) is 48.4 Å². The number of benzene rings is 1. The van der Waals surface area contributed by atoms with Crippen LogP contribution in [0.1, 0.15) is 42.4 Å². The third-order valence-corrected chi connectivity index (χ3v) is 4.25. The summed E-state index contributed by atoms with van der Waals surface area (Å²) in [5.41, 5.74) is 2.79. The molecule has 0 saturated carbocycles. The Balaban J connectivity index is 1.88. The van der Waals surface area contributed by atoms with Gasteiger partial charge in [0.1, 0.15) is 0 Å². The van der Waals surface area contributed by atoms with Gasteiger partial charge in [-0.2, -0.15) is 0 Å². The summed E-state index contributed by atoms with van der Waals surface area (Å²) >= 11 is 1.73. The van der Waals surface area contributed by atoms with E-state index in [0.29, 0.717) is 6.04 Å². The second-order valence-electron chi connectivity index (χ2n) is 4.69. The van der Waals surface area contributed by atoms with E-state index >= 15 is 0 Å². The maximum atomic E-state index is 4.31. The first-order valence-corrected chi connectivity index (χ1v) is 7.92. The van der Waals surface area contributed by atoms with Crippen LogP contribution in [0.4, 0.5) is 0 Å². The minimum Gasteiger partial charge on any atom is -0.310 e. The molecule has 1 unspecified atom stereocenters. The van der Waals surface area contributed by atoms with E-state index in [0.717, 1.165) is 25.8 Å². The molecular weight excluding hydrogens is 252 g/mol. The number of thiazole rings is 1. The van der Waals surface area contributed by atoms with Gasteiger partial charge in [0.25, 0.3) is 0 Å². The summed E-state index contributed by atoms with van der Waals surface area (Å²) in [5, 5.41) is 6.88. The topological polar surface area (TPSA) is 24.9 Å². The van der Waals surface area contributed by atoms with Gasteiger partial charge in [-0.05, 0) is 24.0 Å². The first-order chi connectivity index (χ1) is 9.33. The van der Waals surface area contributed by atoms with Crippen LogP contribution in [-0.4, -0.2) is 11.5 Å². The predicted molar refractivity (Wildman–Crippen MR) is 82.7 cm³/mol. The van der Waals surface area contributed by atoms with Crippen LogP contribution in [0.3, 0.4) is 0 Å². The van der Waals surface area contributed by atoms with E-state index in [1.54, 1.807) is 11.3 Å². The molecule has 1 aromatic heterocycles. The van der Waals surface area contributed by atoms with Gasteiger partial charge in [-0.3, -0.25) is 0 Å². The van der Waals surface area contributed by atoms with Gasteiger partial charge in [0.15, 0.2) is 0 Å². The maximum absolute atomic E-state index is 4.31. The highest BCUT2D eigenvalue weighted by Crippen LogP contribution is 2.17. The molecule has 2 aromatic rings. The average molecular weight is 274 g/mol. The van der Waals surface area contributed by atoms with Crippen molar-refractivity contribution in [2.24, 2.45) is 0 Å². The zero-order valence-electron chi connectivity index (χ0n) is 11.7. The smallest absolute Gasteiger partial charge is 0.0937 e. The second kappa shape index (κ2) is 7.41. The van der Waals surface area contributed by atoms with Crippen LogP contribution in [0.25, 0.3) is 0 Å². The molecule has 0 amide bonds. The molecule has 102 valence electrons. The van der Waals surface area contributed by atoms with Crippen molar-refractivity contribution in [1.82, 2.24) is 10.3 Å². The van der Waals surface area contributed by atoms with Crippen LogP contribution in [0, 0.1) is 0 Å². The van der Waals surface area contributed by atoms with Gasteiger partial charge in [-0.15, -0.1) is 11.3 Å². The van der Waals surface area contributed by atoms with Crippen molar-refractivity contribution < 1.29 is 0 Å². The van der Waals surface area contributed by atoms with Crippen LogP contribution in [0.5, 0.6) is 0 Å². The summed E-state index contributed by atoms with van der Waals surface area (Å²) in [6.45, 7) is 5.41. The third kappa shape index (κ3) is 4.15. The van der Waals surface area contributed by atoms with Crippen molar-refractivity contribution in [3.8, 4) is 0 Å². The zero-order chi connectivity index (χ0) is 13.5. The molecule has 0 spiro atoms. The molecule has 2 nitrogen and oxygen atoms in total. The lowest BCUT2D eigenvalue weighted by Gasteiger charge is -2.17. The Hall–Kier alpha value is -1.19. The van der Waals surface area contributed by atoms with Gasteiger partial charge in [0.05, 0.1) is 5.01 Å². The van der Waals surface area contributed by atoms with Gasteiger partial charge in [0, 0.05) is 30.6 Å². The molecule has 0 aliphatic heterocycles. The molecule has 1 atom stereocenters. The summed E-state index contributed by atoms with van der Waals surface area (Å²) in [7, 11) is 0. The molecule has 0 aliphatic carbocycles. The molecule has 0 radical (unpaired) electrons. The summed E-state index contributed by atoms with van der Waals surface area (Å²) in [6, 6.07) is 9.43. The zero-order valence-corrected chi connectivity index (χ0v) is 12.5. The fraction of sp³-hybridized carbons (Fsp3) is 0.438. The lowest BCUT2D eigenvalue weighted by molar-refractivity contribution is 0.522. The van der Waals surface area contributed by atoms with Crippen LogP contribution >= 0.6 is 11.3 Å². The minimum atomic E-state index is 0.450. The summed E-state index contributed by atoms with van der Waals surface area (Å²) in [4.78, 5) is 4.31. The molecule has 0 saturated heterocycles.